The standard InChI is InChI=1S/C84H85BN4O/c1-79(2,3)51-28-35-57(36-29-51)86(58-37-30-52(31-38-58)80(4,5)6)60-39-40-65-68(49-60)87(59-33-26-50(27-34-59)61-23-21-25-74-75(61)62-22-19-20-24-73(62)90-74)69-45-56(84(16,17)18)46-70-76(69)85(65)66-44-55(83(13,14)15)48-72-78(66)89(70)71-47-54(82(10,11)12)43-64-63-42-53(81(7,8)9)32-41-67(63)88(72)77(64)71/h19-49H,1-18H3. The normalized spacial score (nSPS) is 14.0. The number of furan rings is 1. The van der Waals surface area contributed by atoms with Gasteiger partial charge in [0.1, 0.15) is 11.2 Å². The van der Waals surface area contributed by atoms with Crippen LogP contribution in [0.5, 0.6) is 0 Å². The van der Waals surface area contributed by atoms with Crippen LogP contribution in [0.4, 0.5) is 51.2 Å². The number of benzene rings is 10. The molecule has 0 spiro atoms. The van der Waals surface area contributed by atoms with Gasteiger partial charge in [0.15, 0.2) is 0 Å². The Labute approximate surface area is 534 Å². The number of hydrogen-bond acceptors (Lipinski definition) is 4. The summed E-state index contributed by atoms with van der Waals surface area (Å²) in [5, 5.41) is 4.88. The molecule has 0 unspecified atom stereocenters. The van der Waals surface area contributed by atoms with Crippen LogP contribution >= 0.6 is 0 Å². The lowest BCUT2D eigenvalue weighted by Crippen LogP contribution is -2.62. The first kappa shape index (κ1) is 57.7. The molecule has 10 aromatic carbocycles. The van der Waals surface area contributed by atoms with Gasteiger partial charge in [-0.05, 0) is 197 Å². The molecule has 0 fully saturated rings. The molecular formula is C84H85BN4O. The molecule has 2 aromatic heterocycles. The molecule has 15 rings (SSSR count). The van der Waals surface area contributed by atoms with Crippen molar-refractivity contribution in [2.24, 2.45) is 0 Å². The summed E-state index contributed by atoms with van der Waals surface area (Å²) in [6, 6.07) is 72.9. The third-order valence-electron chi connectivity index (χ3n) is 20.0. The molecule has 3 aliphatic rings. The third-order valence-corrected chi connectivity index (χ3v) is 20.0. The smallest absolute Gasteiger partial charge is 0.252 e. The Kier molecular flexibility index (Phi) is 12.4. The summed E-state index contributed by atoms with van der Waals surface area (Å²) in [4.78, 5) is 7.83. The van der Waals surface area contributed by atoms with E-state index in [0.717, 1.165) is 55.8 Å². The van der Waals surface area contributed by atoms with E-state index in [0.29, 0.717) is 0 Å². The lowest BCUT2D eigenvalue weighted by molar-refractivity contribution is 0.589. The molecule has 6 heteroatoms. The van der Waals surface area contributed by atoms with Crippen molar-refractivity contribution >= 4 is 118 Å². The van der Waals surface area contributed by atoms with Crippen molar-refractivity contribution < 1.29 is 4.42 Å². The minimum absolute atomic E-state index is 0.00280. The van der Waals surface area contributed by atoms with Gasteiger partial charge < -0.3 is 23.7 Å². The number of para-hydroxylation sites is 1. The zero-order chi connectivity index (χ0) is 63.3. The number of fused-ring (bicyclic) bond motifs is 12. The van der Waals surface area contributed by atoms with Gasteiger partial charge in [0.05, 0.1) is 28.1 Å². The lowest BCUT2D eigenvalue weighted by atomic mass is 9.33. The molecular weight excluding hydrogens is 1090 g/mol. The maximum Gasteiger partial charge on any atom is 0.252 e. The second-order valence-corrected chi connectivity index (χ2v) is 32.4. The van der Waals surface area contributed by atoms with E-state index >= 15 is 0 Å². The highest BCUT2D eigenvalue weighted by Crippen LogP contribution is 2.56. The number of aromatic nitrogens is 1. The van der Waals surface area contributed by atoms with Gasteiger partial charge in [-0.1, -0.05) is 210 Å². The number of anilines is 9. The SMILES string of the molecule is CC(C)(C)c1ccc(N(c2ccc(C(C)(C)C)cc2)c2ccc3c(c2)N(c2ccc(-c4cccc5oc6ccccc6c45)cc2)c2cc(C(C)(C)C)cc4c2B3c2cc(C(C)(C)C)cc3c2N4c2cc(C(C)(C)C)cc4c5cc(C(C)(C)C)ccc5n-3c24)cc1. The van der Waals surface area contributed by atoms with Crippen LogP contribution in [0.25, 0.3) is 60.6 Å². The van der Waals surface area contributed by atoms with Gasteiger partial charge in [-0.3, -0.25) is 0 Å². The Morgan fingerprint density at radius 1 is 0.356 bits per heavy atom. The molecule has 12 aromatic rings. The maximum atomic E-state index is 6.48. The summed E-state index contributed by atoms with van der Waals surface area (Å²) in [5.41, 5.74) is 29.7. The molecule has 0 bridgehead atoms. The topological polar surface area (TPSA) is 27.8 Å². The van der Waals surface area contributed by atoms with Crippen LogP contribution < -0.4 is 31.1 Å². The molecule has 0 N–H and O–H groups in total. The Hall–Kier alpha value is -8.74. The number of nitrogens with zero attached hydrogens (tertiary/aromatic N) is 4. The van der Waals surface area contributed by atoms with Gasteiger partial charge in [0.2, 0.25) is 0 Å². The first-order valence-electron chi connectivity index (χ1n) is 32.7. The molecule has 0 radical (unpaired) electrons. The van der Waals surface area contributed by atoms with Crippen LogP contribution in [0.3, 0.4) is 0 Å². The fraction of sp³-hybridized carbons (Fsp3) is 0.286. The van der Waals surface area contributed by atoms with Crippen LogP contribution in [0, 0.1) is 0 Å². The summed E-state index contributed by atoms with van der Waals surface area (Å²) in [6.07, 6.45) is 0. The van der Waals surface area contributed by atoms with E-state index in [2.05, 4.69) is 332 Å². The van der Waals surface area contributed by atoms with Gasteiger partial charge in [0, 0.05) is 61.4 Å². The predicted molar refractivity (Wildman–Crippen MR) is 388 cm³/mol. The van der Waals surface area contributed by atoms with Gasteiger partial charge in [-0.25, -0.2) is 0 Å². The molecule has 0 saturated heterocycles. The molecule has 90 heavy (non-hydrogen) atoms. The first-order chi connectivity index (χ1) is 42.4. The van der Waals surface area contributed by atoms with E-state index in [4.69, 9.17) is 4.42 Å². The Morgan fingerprint density at radius 2 is 0.867 bits per heavy atom. The Morgan fingerprint density at radius 3 is 1.48 bits per heavy atom. The lowest BCUT2D eigenvalue weighted by Gasteiger charge is -2.47. The van der Waals surface area contributed by atoms with Crippen molar-refractivity contribution in [1.29, 1.82) is 0 Å². The maximum absolute atomic E-state index is 6.48. The minimum Gasteiger partial charge on any atom is -0.456 e. The Balaban J connectivity index is 1.05. The fourth-order valence-electron chi connectivity index (χ4n) is 14.7. The fourth-order valence-corrected chi connectivity index (χ4v) is 14.7. The molecule has 5 heterocycles. The van der Waals surface area contributed by atoms with Crippen molar-refractivity contribution in [3.63, 3.8) is 0 Å². The van der Waals surface area contributed by atoms with Crippen LogP contribution in [-0.2, 0) is 32.5 Å². The van der Waals surface area contributed by atoms with Gasteiger partial charge in [-0.15, -0.1) is 0 Å². The van der Waals surface area contributed by atoms with Crippen LogP contribution in [0.2, 0.25) is 0 Å². The minimum atomic E-state index is -0.213. The van der Waals surface area contributed by atoms with Crippen LogP contribution in [0.15, 0.2) is 192 Å². The van der Waals surface area contributed by atoms with Crippen molar-refractivity contribution in [2.75, 3.05) is 14.7 Å². The molecule has 3 aliphatic heterocycles. The largest absolute Gasteiger partial charge is 0.456 e. The van der Waals surface area contributed by atoms with Crippen molar-refractivity contribution in [3.05, 3.63) is 221 Å². The highest BCUT2D eigenvalue weighted by Gasteiger charge is 2.48. The highest BCUT2D eigenvalue weighted by molar-refractivity contribution is 7.00. The Bertz CT molecular complexity index is 4880. The zero-order valence-corrected chi connectivity index (χ0v) is 56.2. The highest BCUT2D eigenvalue weighted by atomic mass is 16.3. The summed E-state index contributed by atoms with van der Waals surface area (Å²) in [6.45, 7) is 42.2. The van der Waals surface area contributed by atoms with E-state index in [9.17, 15) is 0 Å². The van der Waals surface area contributed by atoms with E-state index < -0.39 is 0 Å². The summed E-state index contributed by atoms with van der Waals surface area (Å²) < 4.78 is 9.14. The van der Waals surface area contributed by atoms with Gasteiger partial charge in [-0.2, -0.15) is 0 Å². The number of hydrogen-bond donors (Lipinski definition) is 0. The molecule has 5 nitrogen and oxygen atoms in total. The first-order valence-corrected chi connectivity index (χ1v) is 32.7. The molecule has 0 amide bonds. The average molecular weight is 1180 g/mol. The van der Waals surface area contributed by atoms with Gasteiger partial charge in [0.25, 0.3) is 6.71 Å². The molecule has 0 atom stereocenters. The van der Waals surface area contributed by atoms with Crippen molar-refractivity contribution in [2.45, 2.75) is 157 Å². The summed E-state index contributed by atoms with van der Waals surface area (Å²) >= 11 is 0. The second-order valence-electron chi connectivity index (χ2n) is 32.4. The zero-order valence-electron chi connectivity index (χ0n) is 56.2. The van der Waals surface area contributed by atoms with Crippen LogP contribution in [-0.4, -0.2) is 11.3 Å². The molecule has 450 valence electrons. The van der Waals surface area contributed by atoms with Crippen molar-refractivity contribution in [3.8, 4) is 16.8 Å². The second kappa shape index (κ2) is 19.4. The molecule has 0 aliphatic carbocycles. The van der Waals surface area contributed by atoms with E-state index in [1.807, 2.05) is 0 Å². The van der Waals surface area contributed by atoms with Crippen LogP contribution in [0.1, 0.15) is 158 Å². The monoisotopic (exact) mass is 1180 g/mol. The molecule has 0 saturated carbocycles. The number of rotatable bonds is 5. The summed E-state index contributed by atoms with van der Waals surface area (Å²) in [5.74, 6) is 0. The van der Waals surface area contributed by atoms with Crippen molar-refractivity contribution in [1.82, 2.24) is 4.57 Å². The third kappa shape index (κ3) is 9.00. The van der Waals surface area contributed by atoms with E-state index in [1.165, 1.54) is 106 Å². The quantitative estimate of drug-likeness (QED) is 0.161. The van der Waals surface area contributed by atoms with E-state index in [-0.39, 0.29) is 39.2 Å². The van der Waals surface area contributed by atoms with E-state index in [1.54, 1.807) is 0 Å². The predicted octanol–water partition coefficient (Wildman–Crippen LogP) is 22.0. The summed E-state index contributed by atoms with van der Waals surface area (Å²) in [7, 11) is 0. The van der Waals surface area contributed by atoms with Gasteiger partial charge >= 0.3 is 0 Å². The average Bonchev–Trinajstić information content (AvgIpc) is 1.16.